The number of hydrogen-bond donors (Lipinski definition) is 1. The lowest BCUT2D eigenvalue weighted by Crippen LogP contribution is -2.39. The molecule has 0 aromatic rings. The second-order valence-electron chi connectivity index (χ2n) is 3.91. The van der Waals surface area contributed by atoms with Gasteiger partial charge in [0.25, 0.3) is 5.92 Å². The number of rotatable bonds is 1. The fraction of sp³-hybridized carbons (Fsp3) is 1.00. The van der Waals surface area contributed by atoms with Crippen LogP contribution in [0.4, 0.5) is 8.78 Å². The van der Waals surface area contributed by atoms with Crippen LogP contribution < -0.4 is 5.32 Å². The molecule has 1 aliphatic carbocycles. The van der Waals surface area contributed by atoms with Crippen LogP contribution in [0.25, 0.3) is 0 Å². The minimum absolute atomic E-state index is 0.00424. The zero-order valence-electron chi connectivity index (χ0n) is 6.54. The summed E-state index contributed by atoms with van der Waals surface area (Å²) in [5.41, 5.74) is -0.190. The Kier molecular flexibility index (Phi) is 1.51. The van der Waals surface area contributed by atoms with E-state index in [1.807, 2.05) is 20.8 Å². The van der Waals surface area contributed by atoms with Gasteiger partial charge < -0.3 is 5.32 Å². The van der Waals surface area contributed by atoms with Crippen LogP contribution in [0.2, 0.25) is 0 Å². The van der Waals surface area contributed by atoms with Gasteiger partial charge in [-0.15, -0.1) is 0 Å². The van der Waals surface area contributed by atoms with Gasteiger partial charge in [-0.25, -0.2) is 8.78 Å². The van der Waals surface area contributed by atoms with E-state index in [-0.39, 0.29) is 12.0 Å². The van der Waals surface area contributed by atoms with Crippen molar-refractivity contribution >= 4 is 0 Å². The lowest BCUT2D eigenvalue weighted by Gasteiger charge is -2.19. The van der Waals surface area contributed by atoms with Crippen molar-refractivity contribution in [3.63, 3.8) is 0 Å². The first-order valence-electron chi connectivity index (χ1n) is 3.47. The average Bonchev–Trinajstić information content (AvgIpc) is 2.05. The van der Waals surface area contributed by atoms with Crippen molar-refractivity contribution in [2.75, 3.05) is 0 Å². The van der Waals surface area contributed by atoms with Crippen molar-refractivity contribution in [1.29, 1.82) is 0 Å². The summed E-state index contributed by atoms with van der Waals surface area (Å²) >= 11 is 0. The van der Waals surface area contributed by atoms with Crippen LogP contribution in [0, 0.1) is 0 Å². The largest absolute Gasteiger partial charge is 0.304 e. The van der Waals surface area contributed by atoms with E-state index in [4.69, 9.17) is 0 Å². The van der Waals surface area contributed by atoms with Gasteiger partial charge in [0.1, 0.15) is 0 Å². The molecular weight excluding hydrogens is 136 g/mol. The molecule has 0 heterocycles. The zero-order valence-corrected chi connectivity index (χ0v) is 6.54. The molecule has 1 aliphatic rings. The predicted octanol–water partition coefficient (Wildman–Crippen LogP) is 1.78. The van der Waals surface area contributed by atoms with Gasteiger partial charge in [0.2, 0.25) is 0 Å². The normalized spacial score (nSPS) is 30.3. The van der Waals surface area contributed by atoms with Crippen LogP contribution >= 0.6 is 0 Å². The first-order valence-corrected chi connectivity index (χ1v) is 3.47. The van der Waals surface area contributed by atoms with Crippen LogP contribution in [0.15, 0.2) is 0 Å². The molecule has 1 N–H and O–H groups in total. The smallest absolute Gasteiger partial charge is 0.265 e. The summed E-state index contributed by atoms with van der Waals surface area (Å²) in [5.74, 6) is -2.44. The highest BCUT2D eigenvalue weighted by atomic mass is 19.3. The Bertz CT molecular complexity index is 137. The second-order valence-corrected chi connectivity index (χ2v) is 3.91. The SMILES string of the molecule is CC(C)(C)NC1CC1(F)F. The lowest BCUT2D eigenvalue weighted by molar-refractivity contribution is 0.101. The number of nitrogens with one attached hydrogen (secondary N) is 1. The molecule has 1 saturated carbocycles. The molecule has 1 unspecified atom stereocenters. The summed E-state index contributed by atoms with van der Waals surface area (Å²) in [6.07, 6.45) is 0.00424. The highest BCUT2D eigenvalue weighted by Gasteiger charge is 2.57. The van der Waals surface area contributed by atoms with E-state index in [0.717, 1.165) is 0 Å². The van der Waals surface area contributed by atoms with Gasteiger partial charge in [0, 0.05) is 12.0 Å². The van der Waals surface area contributed by atoms with E-state index in [1.165, 1.54) is 0 Å². The van der Waals surface area contributed by atoms with Crippen LogP contribution in [-0.4, -0.2) is 17.5 Å². The molecule has 0 aromatic heterocycles. The monoisotopic (exact) mass is 149 g/mol. The van der Waals surface area contributed by atoms with E-state index >= 15 is 0 Å². The maximum absolute atomic E-state index is 12.3. The second kappa shape index (κ2) is 1.91. The summed E-state index contributed by atoms with van der Waals surface area (Å²) in [6.45, 7) is 5.67. The first kappa shape index (κ1) is 7.92. The summed E-state index contributed by atoms with van der Waals surface area (Å²) < 4.78 is 24.5. The summed E-state index contributed by atoms with van der Waals surface area (Å²) in [7, 11) is 0. The molecule has 1 atom stereocenters. The van der Waals surface area contributed by atoms with Gasteiger partial charge in [0.15, 0.2) is 0 Å². The Morgan fingerprint density at radius 3 is 1.90 bits per heavy atom. The molecule has 0 spiro atoms. The van der Waals surface area contributed by atoms with Crippen LogP contribution in [0.5, 0.6) is 0 Å². The zero-order chi connectivity index (χ0) is 7.99. The molecule has 1 nitrogen and oxygen atoms in total. The van der Waals surface area contributed by atoms with Crippen molar-refractivity contribution in [2.24, 2.45) is 0 Å². The minimum atomic E-state index is -2.44. The number of halogens is 2. The third-order valence-electron chi connectivity index (χ3n) is 1.43. The van der Waals surface area contributed by atoms with Gasteiger partial charge in [0.05, 0.1) is 6.04 Å². The topological polar surface area (TPSA) is 12.0 Å². The van der Waals surface area contributed by atoms with Crippen molar-refractivity contribution in [1.82, 2.24) is 5.32 Å². The molecule has 60 valence electrons. The van der Waals surface area contributed by atoms with Gasteiger partial charge in [-0.3, -0.25) is 0 Å². The maximum atomic E-state index is 12.3. The fourth-order valence-electron chi connectivity index (χ4n) is 0.893. The average molecular weight is 149 g/mol. The highest BCUT2D eigenvalue weighted by Crippen LogP contribution is 2.42. The van der Waals surface area contributed by atoms with E-state index in [1.54, 1.807) is 0 Å². The highest BCUT2D eigenvalue weighted by molar-refractivity contribution is 5.04. The van der Waals surface area contributed by atoms with Crippen LogP contribution in [-0.2, 0) is 0 Å². The Labute approximate surface area is 59.8 Å². The molecule has 0 aromatic carbocycles. The minimum Gasteiger partial charge on any atom is -0.304 e. The van der Waals surface area contributed by atoms with Gasteiger partial charge in [-0.05, 0) is 20.8 Å². The molecule has 0 saturated heterocycles. The van der Waals surface area contributed by atoms with Crippen molar-refractivity contribution in [3.8, 4) is 0 Å². The number of hydrogen-bond acceptors (Lipinski definition) is 1. The quantitative estimate of drug-likeness (QED) is 0.599. The van der Waals surface area contributed by atoms with E-state index in [0.29, 0.717) is 0 Å². The van der Waals surface area contributed by atoms with Crippen LogP contribution in [0.1, 0.15) is 27.2 Å². The van der Waals surface area contributed by atoms with E-state index in [2.05, 4.69) is 5.32 Å². The van der Waals surface area contributed by atoms with E-state index in [9.17, 15) is 8.78 Å². The molecule has 0 radical (unpaired) electrons. The third-order valence-corrected chi connectivity index (χ3v) is 1.43. The Morgan fingerprint density at radius 1 is 1.40 bits per heavy atom. The number of alkyl halides is 2. The van der Waals surface area contributed by atoms with Crippen molar-refractivity contribution < 1.29 is 8.78 Å². The Hall–Kier alpha value is -0.180. The fourth-order valence-corrected chi connectivity index (χ4v) is 0.893. The van der Waals surface area contributed by atoms with Crippen LogP contribution in [0.3, 0.4) is 0 Å². The predicted molar refractivity (Wildman–Crippen MR) is 36.2 cm³/mol. The lowest BCUT2D eigenvalue weighted by atomic mass is 10.1. The summed E-state index contributed by atoms with van der Waals surface area (Å²) in [4.78, 5) is 0. The van der Waals surface area contributed by atoms with Gasteiger partial charge in [-0.1, -0.05) is 0 Å². The molecule has 3 heteroatoms. The van der Waals surface area contributed by atoms with Crippen molar-refractivity contribution in [2.45, 2.75) is 44.7 Å². The van der Waals surface area contributed by atoms with Crippen molar-refractivity contribution in [3.05, 3.63) is 0 Å². The standard InChI is InChI=1S/C7H13F2N/c1-6(2,3)10-5-4-7(5,8)9/h5,10H,4H2,1-3H3. The maximum Gasteiger partial charge on any atom is 0.265 e. The van der Waals surface area contributed by atoms with Gasteiger partial charge in [-0.2, -0.15) is 0 Å². The molecule has 1 fully saturated rings. The van der Waals surface area contributed by atoms with Gasteiger partial charge >= 0.3 is 0 Å². The Morgan fingerprint density at radius 2 is 1.80 bits per heavy atom. The summed E-state index contributed by atoms with van der Waals surface area (Å²) in [5, 5.41) is 2.83. The van der Waals surface area contributed by atoms with E-state index < -0.39 is 12.0 Å². The molecular formula is C7H13F2N. The first-order chi connectivity index (χ1) is 4.31. The molecule has 1 rings (SSSR count). The third kappa shape index (κ3) is 1.90. The molecule has 0 amide bonds. The summed E-state index contributed by atoms with van der Waals surface area (Å²) in [6, 6.07) is -0.576. The molecule has 0 bridgehead atoms. The molecule has 10 heavy (non-hydrogen) atoms. The Balaban J connectivity index is 2.31. The molecule has 0 aliphatic heterocycles.